The zero-order valence-corrected chi connectivity index (χ0v) is 14.9. The summed E-state index contributed by atoms with van der Waals surface area (Å²) < 4.78 is 14.2. The molecule has 1 aliphatic rings. The molecule has 1 saturated carbocycles. The van der Waals surface area contributed by atoms with E-state index in [4.69, 9.17) is 5.73 Å². The van der Waals surface area contributed by atoms with Gasteiger partial charge in [0.2, 0.25) is 11.9 Å². The Labute approximate surface area is 148 Å². The van der Waals surface area contributed by atoms with E-state index >= 15 is 0 Å². The van der Waals surface area contributed by atoms with Gasteiger partial charge in [0.25, 0.3) is 0 Å². The topological polar surface area (TPSA) is 76.7 Å². The van der Waals surface area contributed by atoms with Crippen molar-refractivity contribution in [2.45, 2.75) is 57.7 Å². The molecule has 2 aromatic rings. The zero-order chi connectivity index (χ0) is 17.9. The molecule has 0 bridgehead atoms. The number of anilines is 2. The van der Waals surface area contributed by atoms with Gasteiger partial charge < -0.3 is 11.1 Å². The van der Waals surface area contributed by atoms with Crippen LogP contribution in [0.4, 0.5) is 16.3 Å². The third-order valence-corrected chi connectivity index (χ3v) is 4.80. The lowest BCUT2D eigenvalue weighted by Crippen LogP contribution is -2.35. The maximum atomic E-state index is 14.2. The maximum Gasteiger partial charge on any atom is 0.228 e. The molecule has 0 amide bonds. The van der Waals surface area contributed by atoms with Gasteiger partial charge in [0.1, 0.15) is 0 Å². The second kappa shape index (κ2) is 7.33. The van der Waals surface area contributed by atoms with Crippen molar-refractivity contribution in [3.05, 3.63) is 41.7 Å². The Balaban J connectivity index is 1.73. The lowest BCUT2D eigenvalue weighted by atomic mass is 9.78. The average molecular weight is 343 g/mol. The molecule has 1 fully saturated rings. The molecule has 5 nitrogen and oxygen atoms in total. The van der Waals surface area contributed by atoms with Gasteiger partial charge in [-0.05, 0) is 51.0 Å². The summed E-state index contributed by atoms with van der Waals surface area (Å²) >= 11 is 0. The first kappa shape index (κ1) is 17.6. The molecule has 0 spiro atoms. The van der Waals surface area contributed by atoms with Gasteiger partial charge in [0.15, 0.2) is 11.5 Å². The molecule has 1 heterocycles. The number of hydrogen-bond acceptors (Lipinski definition) is 5. The van der Waals surface area contributed by atoms with Crippen molar-refractivity contribution in [3.8, 4) is 0 Å². The summed E-state index contributed by atoms with van der Waals surface area (Å²) in [5.41, 5.74) is 5.42. The molecule has 1 aliphatic carbocycles. The lowest BCUT2D eigenvalue weighted by Gasteiger charge is -2.34. The first-order valence-electron chi connectivity index (χ1n) is 8.93. The Morgan fingerprint density at radius 2 is 1.92 bits per heavy atom. The number of alkyl halides is 1. The summed E-state index contributed by atoms with van der Waals surface area (Å²) in [6.07, 6.45) is 5.63. The molecule has 1 aromatic heterocycles. The van der Waals surface area contributed by atoms with E-state index in [1.165, 1.54) is 38.7 Å². The number of nitrogens with two attached hydrogens (primary N) is 1. The van der Waals surface area contributed by atoms with Crippen molar-refractivity contribution in [1.82, 2.24) is 15.0 Å². The van der Waals surface area contributed by atoms with Crippen LogP contribution in [0.1, 0.15) is 50.9 Å². The first-order valence-corrected chi connectivity index (χ1v) is 8.93. The van der Waals surface area contributed by atoms with Crippen LogP contribution in [0, 0.1) is 5.92 Å². The molecule has 0 aliphatic heterocycles. The van der Waals surface area contributed by atoms with Crippen LogP contribution in [-0.4, -0.2) is 21.0 Å². The largest absolute Gasteiger partial charge is 0.368 e. The Morgan fingerprint density at radius 1 is 1.20 bits per heavy atom. The quantitative estimate of drug-likeness (QED) is 0.798. The minimum Gasteiger partial charge on any atom is -0.368 e. The van der Waals surface area contributed by atoms with Gasteiger partial charge in [0.05, 0.1) is 0 Å². The number of aromatic nitrogens is 3. The predicted octanol–water partition coefficient (Wildman–Crippen LogP) is 3.87. The number of nitrogens with one attached hydrogen (secondary N) is 1. The first-order chi connectivity index (χ1) is 11.9. The molecule has 0 radical (unpaired) electrons. The fourth-order valence-electron chi connectivity index (χ4n) is 3.12. The molecule has 3 rings (SSSR count). The van der Waals surface area contributed by atoms with Crippen molar-refractivity contribution in [1.29, 1.82) is 0 Å². The zero-order valence-electron chi connectivity index (χ0n) is 14.9. The van der Waals surface area contributed by atoms with Gasteiger partial charge in [-0.1, -0.05) is 36.8 Å². The van der Waals surface area contributed by atoms with Gasteiger partial charge >= 0.3 is 0 Å². The van der Waals surface area contributed by atoms with Crippen molar-refractivity contribution >= 4 is 11.9 Å². The molecule has 3 N–H and O–H groups in total. The number of rotatable bonds is 7. The van der Waals surface area contributed by atoms with Crippen LogP contribution in [0.25, 0.3) is 0 Å². The van der Waals surface area contributed by atoms with Crippen LogP contribution in [0.3, 0.4) is 0 Å². The molecule has 1 atom stereocenters. The molecule has 0 saturated heterocycles. The van der Waals surface area contributed by atoms with E-state index in [-0.39, 0.29) is 17.8 Å². The Hall–Kier alpha value is -2.24. The van der Waals surface area contributed by atoms with Gasteiger partial charge in [0, 0.05) is 6.04 Å². The van der Waals surface area contributed by atoms with E-state index in [2.05, 4.69) is 44.5 Å². The Kier molecular flexibility index (Phi) is 5.16. The summed E-state index contributed by atoms with van der Waals surface area (Å²) in [6, 6.07) is 10.7. The SMILES string of the molecule is CC(C)(F)c1nc(N)nc(N[C@H](CCc2ccccc2)C2CCC2)n1. The summed E-state index contributed by atoms with van der Waals surface area (Å²) in [7, 11) is 0. The van der Waals surface area contributed by atoms with Crippen LogP contribution in [0.2, 0.25) is 0 Å². The van der Waals surface area contributed by atoms with E-state index in [1.807, 2.05) is 6.07 Å². The van der Waals surface area contributed by atoms with Crippen LogP contribution >= 0.6 is 0 Å². The highest BCUT2D eigenvalue weighted by Gasteiger charge is 2.29. The fourth-order valence-corrected chi connectivity index (χ4v) is 3.12. The van der Waals surface area contributed by atoms with Gasteiger partial charge in [-0.15, -0.1) is 0 Å². The van der Waals surface area contributed by atoms with Crippen LogP contribution in [0.15, 0.2) is 30.3 Å². The number of hydrogen-bond donors (Lipinski definition) is 2. The summed E-state index contributed by atoms with van der Waals surface area (Å²) in [5, 5.41) is 3.40. The second-order valence-electron chi connectivity index (χ2n) is 7.28. The standard InChI is InChI=1S/C19H26FN5/c1-19(2,20)16-23-17(21)25-18(24-16)22-15(14-9-6-10-14)12-11-13-7-4-3-5-8-13/h3-5,7-8,14-15H,6,9-12H2,1-2H3,(H3,21,22,23,24,25)/t15-/m1/s1. The number of halogens is 1. The number of benzene rings is 1. The summed E-state index contributed by atoms with van der Waals surface area (Å²) in [5.74, 6) is 1.09. The molecule has 6 heteroatoms. The third kappa shape index (κ3) is 4.65. The van der Waals surface area contributed by atoms with Crippen LogP contribution in [0.5, 0.6) is 0 Å². The van der Waals surface area contributed by atoms with E-state index < -0.39 is 5.67 Å². The fraction of sp³-hybridized carbons (Fsp3) is 0.526. The van der Waals surface area contributed by atoms with Crippen molar-refractivity contribution in [2.75, 3.05) is 11.1 Å². The van der Waals surface area contributed by atoms with Gasteiger partial charge in [-0.3, -0.25) is 0 Å². The van der Waals surface area contributed by atoms with Crippen LogP contribution in [-0.2, 0) is 12.1 Å². The highest BCUT2D eigenvalue weighted by molar-refractivity contribution is 5.33. The Morgan fingerprint density at radius 3 is 2.52 bits per heavy atom. The second-order valence-corrected chi connectivity index (χ2v) is 7.28. The van der Waals surface area contributed by atoms with Crippen molar-refractivity contribution in [3.63, 3.8) is 0 Å². The predicted molar refractivity (Wildman–Crippen MR) is 97.9 cm³/mol. The smallest absolute Gasteiger partial charge is 0.228 e. The van der Waals surface area contributed by atoms with Gasteiger partial charge in [-0.25, -0.2) is 4.39 Å². The van der Waals surface area contributed by atoms with E-state index in [0.29, 0.717) is 11.9 Å². The molecule has 1 aromatic carbocycles. The number of aryl methyl sites for hydroxylation is 1. The van der Waals surface area contributed by atoms with Crippen LogP contribution < -0.4 is 11.1 Å². The molecule has 0 unspecified atom stereocenters. The van der Waals surface area contributed by atoms with E-state index in [1.54, 1.807) is 0 Å². The van der Waals surface area contributed by atoms with Gasteiger partial charge in [-0.2, -0.15) is 15.0 Å². The monoisotopic (exact) mass is 343 g/mol. The van der Waals surface area contributed by atoms with Crippen molar-refractivity contribution in [2.24, 2.45) is 5.92 Å². The average Bonchev–Trinajstić information content (AvgIpc) is 2.50. The lowest BCUT2D eigenvalue weighted by molar-refractivity contribution is 0.206. The normalized spacial score (nSPS) is 16.3. The van der Waals surface area contributed by atoms with E-state index in [0.717, 1.165) is 12.8 Å². The molecular formula is C19H26FN5. The number of nitrogen functional groups attached to an aromatic ring is 1. The third-order valence-electron chi connectivity index (χ3n) is 4.80. The summed E-state index contributed by atoms with van der Waals surface area (Å²) in [6.45, 7) is 2.84. The molecule has 25 heavy (non-hydrogen) atoms. The number of nitrogens with zero attached hydrogens (tertiary/aromatic N) is 3. The molecule has 134 valence electrons. The Bertz CT molecular complexity index is 695. The summed E-state index contributed by atoms with van der Waals surface area (Å²) in [4.78, 5) is 12.3. The highest BCUT2D eigenvalue weighted by Crippen LogP contribution is 2.33. The molecular weight excluding hydrogens is 317 g/mol. The minimum atomic E-state index is -1.65. The highest BCUT2D eigenvalue weighted by atomic mass is 19.1. The van der Waals surface area contributed by atoms with E-state index in [9.17, 15) is 4.39 Å². The maximum absolute atomic E-state index is 14.2. The minimum absolute atomic E-state index is 0.0497. The van der Waals surface area contributed by atoms with Crippen molar-refractivity contribution < 1.29 is 4.39 Å².